The maximum Gasteiger partial charge on any atom is 0.264 e. The second-order valence-electron chi connectivity index (χ2n) is 7.15. The summed E-state index contributed by atoms with van der Waals surface area (Å²) < 4.78 is 7.94. The standard InChI is InChI=1S/C19H23N3O3/c23-17-11-14(12-22-9-8-20-13-22)10-16(17)21-18(24)19(6-7-19)25-15-4-2-1-3-5-15/h1-5,8-9,13-14,16-17,23H,6-7,10-12H2,(H,21,24)/t14?,16-,17-/m1/s1. The summed E-state index contributed by atoms with van der Waals surface area (Å²) in [6, 6.07) is 9.22. The largest absolute Gasteiger partial charge is 0.477 e. The molecular formula is C19H23N3O3. The maximum absolute atomic E-state index is 12.7. The molecule has 2 aliphatic rings. The summed E-state index contributed by atoms with van der Waals surface area (Å²) in [7, 11) is 0. The van der Waals surface area contributed by atoms with E-state index in [9.17, 15) is 9.90 Å². The van der Waals surface area contributed by atoms with Crippen LogP contribution in [0.4, 0.5) is 0 Å². The van der Waals surface area contributed by atoms with Crippen molar-refractivity contribution in [2.45, 2.75) is 50.0 Å². The van der Waals surface area contributed by atoms with E-state index in [1.165, 1.54) is 0 Å². The van der Waals surface area contributed by atoms with Crippen molar-refractivity contribution in [2.75, 3.05) is 0 Å². The van der Waals surface area contributed by atoms with Gasteiger partial charge in [-0.3, -0.25) is 4.79 Å². The van der Waals surface area contributed by atoms with Crippen LogP contribution in [0.2, 0.25) is 0 Å². The van der Waals surface area contributed by atoms with E-state index < -0.39 is 11.7 Å². The van der Waals surface area contributed by atoms with Crippen LogP contribution in [-0.2, 0) is 11.3 Å². The Labute approximate surface area is 146 Å². The highest BCUT2D eigenvalue weighted by Crippen LogP contribution is 2.41. The molecule has 1 amide bonds. The van der Waals surface area contributed by atoms with Crippen LogP contribution < -0.4 is 10.1 Å². The van der Waals surface area contributed by atoms with Gasteiger partial charge in [0.15, 0.2) is 5.60 Å². The highest BCUT2D eigenvalue weighted by molar-refractivity contribution is 5.88. The fourth-order valence-electron chi connectivity index (χ4n) is 3.62. The Kier molecular flexibility index (Phi) is 4.21. The maximum atomic E-state index is 12.7. The predicted octanol–water partition coefficient (Wildman–Crippen LogP) is 1.75. The summed E-state index contributed by atoms with van der Waals surface area (Å²) in [5.74, 6) is 0.934. The molecule has 6 heteroatoms. The van der Waals surface area contributed by atoms with Crippen LogP contribution in [0.3, 0.4) is 0 Å². The molecule has 6 nitrogen and oxygen atoms in total. The van der Waals surface area contributed by atoms with E-state index in [1.807, 2.05) is 41.1 Å². The number of benzene rings is 1. The Balaban J connectivity index is 1.34. The van der Waals surface area contributed by atoms with Gasteiger partial charge in [0.25, 0.3) is 5.91 Å². The normalized spacial score (nSPS) is 27.0. The minimum atomic E-state index is -0.760. The molecule has 2 saturated carbocycles. The van der Waals surface area contributed by atoms with Gasteiger partial charge in [0.05, 0.1) is 18.5 Å². The van der Waals surface area contributed by atoms with Gasteiger partial charge in [0, 0.05) is 31.8 Å². The Hall–Kier alpha value is -2.34. The number of amides is 1. The third-order valence-electron chi connectivity index (χ3n) is 5.15. The first-order valence-electron chi connectivity index (χ1n) is 8.83. The first-order valence-corrected chi connectivity index (χ1v) is 8.83. The molecule has 25 heavy (non-hydrogen) atoms. The Bertz CT molecular complexity index is 713. The van der Waals surface area contributed by atoms with E-state index in [2.05, 4.69) is 10.3 Å². The highest BCUT2D eigenvalue weighted by atomic mass is 16.5. The zero-order chi connectivity index (χ0) is 17.3. The number of imidazole rings is 1. The number of hydrogen-bond acceptors (Lipinski definition) is 4. The number of aliphatic hydroxyl groups excluding tert-OH is 1. The number of rotatable bonds is 6. The van der Waals surface area contributed by atoms with Gasteiger partial charge in [-0.1, -0.05) is 18.2 Å². The lowest BCUT2D eigenvalue weighted by atomic mass is 10.1. The van der Waals surface area contributed by atoms with Gasteiger partial charge in [-0.05, 0) is 30.9 Å². The molecule has 1 aromatic carbocycles. The van der Waals surface area contributed by atoms with Crippen LogP contribution in [0, 0.1) is 5.92 Å². The van der Waals surface area contributed by atoms with E-state index in [1.54, 1.807) is 12.5 Å². The van der Waals surface area contributed by atoms with Gasteiger partial charge in [-0.25, -0.2) is 4.98 Å². The fraction of sp³-hybridized carbons (Fsp3) is 0.474. The smallest absolute Gasteiger partial charge is 0.264 e. The zero-order valence-corrected chi connectivity index (χ0v) is 14.0. The number of aliphatic hydroxyl groups is 1. The third kappa shape index (κ3) is 3.54. The third-order valence-corrected chi connectivity index (χ3v) is 5.15. The lowest BCUT2D eigenvalue weighted by Gasteiger charge is -2.22. The zero-order valence-electron chi connectivity index (χ0n) is 14.0. The second-order valence-corrected chi connectivity index (χ2v) is 7.15. The molecule has 132 valence electrons. The Morgan fingerprint density at radius 2 is 2.12 bits per heavy atom. The van der Waals surface area contributed by atoms with Crippen molar-refractivity contribution in [3.8, 4) is 5.75 Å². The van der Waals surface area contributed by atoms with Crippen LogP contribution in [0.1, 0.15) is 25.7 Å². The Morgan fingerprint density at radius 3 is 2.80 bits per heavy atom. The minimum absolute atomic E-state index is 0.108. The summed E-state index contributed by atoms with van der Waals surface area (Å²) in [4.78, 5) is 16.7. The van der Waals surface area contributed by atoms with Crippen LogP contribution in [-0.4, -0.2) is 38.3 Å². The number of hydrogen-bond donors (Lipinski definition) is 2. The van der Waals surface area contributed by atoms with Crippen molar-refractivity contribution in [3.05, 3.63) is 49.1 Å². The number of nitrogens with zero attached hydrogens (tertiary/aromatic N) is 2. The Morgan fingerprint density at radius 1 is 1.32 bits per heavy atom. The van der Waals surface area contributed by atoms with Gasteiger partial charge in [0.1, 0.15) is 5.75 Å². The van der Waals surface area contributed by atoms with Crippen LogP contribution >= 0.6 is 0 Å². The van der Waals surface area contributed by atoms with Crippen molar-refractivity contribution >= 4 is 5.91 Å². The number of aromatic nitrogens is 2. The molecule has 0 bridgehead atoms. The van der Waals surface area contributed by atoms with Crippen molar-refractivity contribution < 1.29 is 14.6 Å². The molecule has 0 radical (unpaired) electrons. The van der Waals surface area contributed by atoms with Gasteiger partial charge < -0.3 is 19.7 Å². The summed E-state index contributed by atoms with van der Waals surface area (Å²) in [5, 5.41) is 13.4. The quantitative estimate of drug-likeness (QED) is 0.839. The lowest BCUT2D eigenvalue weighted by molar-refractivity contribution is -0.131. The van der Waals surface area contributed by atoms with Crippen LogP contribution in [0.15, 0.2) is 49.1 Å². The van der Waals surface area contributed by atoms with Gasteiger partial charge in [-0.2, -0.15) is 0 Å². The number of para-hydroxylation sites is 1. The first kappa shape index (κ1) is 16.1. The number of ether oxygens (including phenoxy) is 1. The second kappa shape index (κ2) is 6.52. The molecule has 0 aliphatic heterocycles. The highest BCUT2D eigenvalue weighted by Gasteiger charge is 2.54. The molecular weight excluding hydrogens is 318 g/mol. The molecule has 2 N–H and O–H groups in total. The number of carbonyl (C=O) groups is 1. The molecule has 4 rings (SSSR count). The van der Waals surface area contributed by atoms with E-state index in [4.69, 9.17) is 4.74 Å². The van der Waals surface area contributed by atoms with Gasteiger partial charge >= 0.3 is 0 Å². The molecule has 2 fully saturated rings. The average Bonchev–Trinajstić information content (AvgIpc) is 3.05. The van der Waals surface area contributed by atoms with E-state index in [0.29, 0.717) is 18.1 Å². The molecule has 2 aliphatic carbocycles. The first-order chi connectivity index (χ1) is 12.1. The van der Waals surface area contributed by atoms with Crippen molar-refractivity contribution in [3.63, 3.8) is 0 Å². The number of carbonyl (C=O) groups excluding carboxylic acids is 1. The summed E-state index contributed by atoms with van der Waals surface area (Å²) in [6.45, 7) is 0.815. The van der Waals surface area contributed by atoms with E-state index in [-0.39, 0.29) is 11.9 Å². The molecule has 0 saturated heterocycles. The molecule has 1 heterocycles. The average molecular weight is 341 g/mol. The minimum Gasteiger partial charge on any atom is -0.477 e. The van der Waals surface area contributed by atoms with Gasteiger partial charge in [0.2, 0.25) is 0 Å². The molecule has 1 unspecified atom stereocenters. The van der Waals surface area contributed by atoms with Gasteiger partial charge in [-0.15, -0.1) is 0 Å². The summed E-state index contributed by atoms with van der Waals surface area (Å²) in [5.41, 5.74) is -0.760. The molecule has 1 aromatic heterocycles. The lowest BCUT2D eigenvalue weighted by Crippen LogP contribution is -2.48. The topological polar surface area (TPSA) is 76.4 Å². The van der Waals surface area contributed by atoms with Crippen molar-refractivity contribution in [1.29, 1.82) is 0 Å². The van der Waals surface area contributed by atoms with Crippen molar-refractivity contribution in [1.82, 2.24) is 14.9 Å². The van der Waals surface area contributed by atoms with Crippen LogP contribution in [0.25, 0.3) is 0 Å². The SMILES string of the molecule is O=C(N[C@@H]1CC(Cn2ccnc2)C[C@H]1O)C1(Oc2ccccc2)CC1. The molecule has 0 spiro atoms. The fourth-order valence-corrected chi connectivity index (χ4v) is 3.62. The summed E-state index contributed by atoms with van der Waals surface area (Å²) in [6.07, 6.45) is 7.84. The molecule has 3 atom stereocenters. The monoisotopic (exact) mass is 341 g/mol. The number of nitrogens with one attached hydrogen (secondary N) is 1. The predicted molar refractivity (Wildman–Crippen MR) is 91.9 cm³/mol. The van der Waals surface area contributed by atoms with E-state index >= 15 is 0 Å². The van der Waals surface area contributed by atoms with Crippen molar-refractivity contribution in [2.24, 2.45) is 5.92 Å². The summed E-state index contributed by atoms with van der Waals surface area (Å²) >= 11 is 0. The van der Waals surface area contributed by atoms with Crippen LogP contribution in [0.5, 0.6) is 5.75 Å². The molecule has 2 aromatic rings. The van der Waals surface area contributed by atoms with E-state index in [0.717, 1.165) is 25.8 Å².